The van der Waals surface area contributed by atoms with Crippen LogP contribution in [0.1, 0.15) is 34.0 Å². The van der Waals surface area contributed by atoms with Gasteiger partial charge in [0.2, 0.25) is 0 Å². The van der Waals surface area contributed by atoms with Crippen LogP contribution in [-0.4, -0.2) is 17.6 Å². The Bertz CT molecular complexity index is 678. The fourth-order valence-corrected chi connectivity index (χ4v) is 2.24. The first-order chi connectivity index (χ1) is 10.3. The van der Waals surface area contributed by atoms with Gasteiger partial charge in [-0.15, -0.1) is 0 Å². The number of aliphatic hydroxyl groups is 1. The van der Waals surface area contributed by atoms with Crippen LogP contribution in [-0.2, 0) is 5.60 Å². The zero-order chi connectivity index (χ0) is 16.3. The van der Waals surface area contributed by atoms with E-state index in [1.165, 1.54) is 24.3 Å². The van der Waals surface area contributed by atoms with Gasteiger partial charge in [-0.25, -0.2) is 4.39 Å². The standard InChI is InChI=1S/C18H20FNO2/c1-12-4-5-13(2)16(10-12)17(21)20-11-18(3,22)14-6-8-15(19)9-7-14/h4-10,22H,11H2,1-3H3,(H,20,21). The number of aryl methyl sites for hydroxylation is 2. The molecule has 1 atom stereocenters. The highest BCUT2D eigenvalue weighted by Crippen LogP contribution is 2.20. The van der Waals surface area contributed by atoms with Crippen LogP contribution in [0.3, 0.4) is 0 Å². The number of carbonyl (C=O) groups is 1. The topological polar surface area (TPSA) is 49.3 Å². The molecule has 116 valence electrons. The van der Waals surface area contributed by atoms with E-state index in [9.17, 15) is 14.3 Å². The summed E-state index contributed by atoms with van der Waals surface area (Å²) < 4.78 is 12.9. The summed E-state index contributed by atoms with van der Waals surface area (Å²) in [6.45, 7) is 5.42. The Morgan fingerprint density at radius 2 is 1.82 bits per heavy atom. The minimum atomic E-state index is -1.26. The van der Waals surface area contributed by atoms with Gasteiger partial charge in [-0.05, 0) is 50.1 Å². The van der Waals surface area contributed by atoms with Crippen LogP contribution in [0, 0.1) is 19.7 Å². The van der Waals surface area contributed by atoms with Crippen LogP contribution in [0.25, 0.3) is 0 Å². The molecule has 4 heteroatoms. The molecule has 22 heavy (non-hydrogen) atoms. The van der Waals surface area contributed by atoms with Crippen molar-refractivity contribution in [3.05, 3.63) is 70.5 Å². The molecule has 0 aliphatic carbocycles. The van der Waals surface area contributed by atoms with Crippen molar-refractivity contribution in [1.82, 2.24) is 5.32 Å². The predicted molar refractivity (Wildman–Crippen MR) is 84.2 cm³/mol. The van der Waals surface area contributed by atoms with E-state index in [0.717, 1.165) is 11.1 Å². The zero-order valence-corrected chi connectivity index (χ0v) is 13.0. The van der Waals surface area contributed by atoms with Crippen molar-refractivity contribution in [2.75, 3.05) is 6.54 Å². The number of nitrogens with one attached hydrogen (secondary N) is 1. The van der Waals surface area contributed by atoms with E-state index in [2.05, 4.69) is 5.32 Å². The summed E-state index contributed by atoms with van der Waals surface area (Å²) in [6.07, 6.45) is 0. The quantitative estimate of drug-likeness (QED) is 0.912. The molecule has 0 bridgehead atoms. The molecule has 0 aliphatic heterocycles. The van der Waals surface area contributed by atoms with Gasteiger partial charge in [0.25, 0.3) is 5.91 Å². The highest BCUT2D eigenvalue weighted by molar-refractivity contribution is 5.95. The maximum absolute atomic E-state index is 12.9. The van der Waals surface area contributed by atoms with E-state index in [4.69, 9.17) is 0 Å². The summed E-state index contributed by atoms with van der Waals surface area (Å²) >= 11 is 0. The molecule has 1 amide bonds. The van der Waals surface area contributed by atoms with Crippen LogP contribution < -0.4 is 5.32 Å². The molecule has 2 rings (SSSR count). The minimum absolute atomic E-state index is 0.0465. The molecule has 0 aromatic heterocycles. The number of hydrogen-bond donors (Lipinski definition) is 2. The molecule has 0 spiro atoms. The summed E-state index contributed by atoms with van der Waals surface area (Å²) in [7, 11) is 0. The maximum Gasteiger partial charge on any atom is 0.251 e. The normalized spacial score (nSPS) is 13.5. The molecule has 2 aromatic rings. The average molecular weight is 301 g/mol. The van der Waals surface area contributed by atoms with Crippen LogP contribution >= 0.6 is 0 Å². The van der Waals surface area contributed by atoms with Gasteiger partial charge < -0.3 is 10.4 Å². The van der Waals surface area contributed by atoms with Crippen LogP contribution in [0.15, 0.2) is 42.5 Å². The maximum atomic E-state index is 12.9. The van der Waals surface area contributed by atoms with Gasteiger partial charge in [0.15, 0.2) is 0 Å². The Kier molecular flexibility index (Phi) is 4.62. The highest BCUT2D eigenvalue weighted by Gasteiger charge is 2.24. The van der Waals surface area contributed by atoms with Crippen molar-refractivity contribution in [3.8, 4) is 0 Å². The lowest BCUT2D eigenvalue weighted by Gasteiger charge is -2.24. The van der Waals surface area contributed by atoms with Gasteiger partial charge in [0.05, 0.1) is 6.54 Å². The van der Waals surface area contributed by atoms with Gasteiger partial charge in [-0.2, -0.15) is 0 Å². The molecule has 0 aliphatic rings. The predicted octanol–water partition coefficient (Wildman–Crippen LogP) is 3.08. The van der Waals surface area contributed by atoms with E-state index in [-0.39, 0.29) is 18.3 Å². The fourth-order valence-electron chi connectivity index (χ4n) is 2.24. The second-order valence-electron chi connectivity index (χ2n) is 5.78. The van der Waals surface area contributed by atoms with E-state index >= 15 is 0 Å². The Morgan fingerprint density at radius 1 is 1.18 bits per heavy atom. The van der Waals surface area contributed by atoms with Crippen molar-refractivity contribution in [1.29, 1.82) is 0 Å². The summed E-state index contributed by atoms with van der Waals surface area (Å²) in [5.74, 6) is -0.595. The highest BCUT2D eigenvalue weighted by atomic mass is 19.1. The van der Waals surface area contributed by atoms with Crippen LogP contribution in [0.2, 0.25) is 0 Å². The van der Waals surface area contributed by atoms with Gasteiger partial charge in [-0.3, -0.25) is 4.79 Å². The number of halogens is 1. The monoisotopic (exact) mass is 301 g/mol. The van der Waals surface area contributed by atoms with Crippen molar-refractivity contribution < 1.29 is 14.3 Å². The van der Waals surface area contributed by atoms with Gasteiger partial charge in [0.1, 0.15) is 11.4 Å². The van der Waals surface area contributed by atoms with E-state index in [1.807, 2.05) is 32.0 Å². The lowest BCUT2D eigenvalue weighted by atomic mass is 9.95. The molecule has 1 unspecified atom stereocenters. The molecule has 0 radical (unpaired) electrons. The molecule has 2 N–H and O–H groups in total. The largest absolute Gasteiger partial charge is 0.384 e. The van der Waals surface area contributed by atoms with Crippen molar-refractivity contribution in [2.24, 2.45) is 0 Å². The lowest BCUT2D eigenvalue weighted by molar-refractivity contribution is 0.0525. The summed E-state index contributed by atoms with van der Waals surface area (Å²) in [5.41, 5.74) is 1.76. The van der Waals surface area contributed by atoms with Crippen molar-refractivity contribution >= 4 is 5.91 Å². The van der Waals surface area contributed by atoms with Crippen LogP contribution in [0.5, 0.6) is 0 Å². The number of amides is 1. The molecule has 0 heterocycles. The second kappa shape index (κ2) is 6.28. The first-order valence-corrected chi connectivity index (χ1v) is 7.13. The minimum Gasteiger partial charge on any atom is -0.384 e. The Hall–Kier alpha value is -2.20. The number of hydrogen-bond acceptors (Lipinski definition) is 2. The number of benzene rings is 2. The molecular weight excluding hydrogens is 281 g/mol. The first kappa shape index (κ1) is 16.2. The van der Waals surface area contributed by atoms with Crippen molar-refractivity contribution in [3.63, 3.8) is 0 Å². The molecule has 0 fully saturated rings. The Labute approximate surface area is 129 Å². The third-order valence-electron chi connectivity index (χ3n) is 3.70. The average Bonchev–Trinajstić information content (AvgIpc) is 2.48. The number of carbonyl (C=O) groups excluding carboxylic acids is 1. The zero-order valence-electron chi connectivity index (χ0n) is 13.0. The lowest BCUT2D eigenvalue weighted by Crippen LogP contribution is -2.38. The molecule has 3 nitrogen and oxygen atoms in total. The van der Waals surface area contributed by atoms with E-state index in [1.54, 1.807) is 6.92 Å². The smallest absolute Gasteiger partial charge is 0.251 e. The summed E-state index contributed by atoms with van der Waals surface area (Å²) in [5, 5.41) is 13.2. The van der Waals surface area contributed by atoms with Crippen molar-refractivity contribution in [2.45, 2.75) is 26.4 Å². The first-order valence-electron chi connectivity index (χ1n) is 7.13. The molecule has 2 aromatic carbocycles. The third-order valence-corrected chi connectivity index (χ3v) is 3.70. The Morgan fingerprint density at radius 3 is 2.45 bits per heavy atom. The van der Waals surface area contributed by atoms with E-state index < -0.39 is 5.60 Å². The van der Waals surface area contributed by atoms with Crippen LogP contribution in [0.4, 0.5) is 4.39 Å². The SMILES string of the molecule is Cc1ccc(C)c(C(=O)NCC(C)(O)c2ccc(F)cc2)c1. The number of rotatable bonds is 4. The molecule has 0 saturated carbocycles. The van der Waals surface area contributed by atoms with Gasteiger partial charge in [0, 0.05) is 5.56 Å². The van der Waals surface area contributed by atoms with Gasteiger partial charge in [-0.1, -0.05) is 29.8 Å². The van der Waals surface area contributed by atoms with E-state index in [0.29, 0.717) is 11.1 Å². The fraction of sp³-hybridized carbons (Fsp3) is 0.278. The second-order valence-corrected chi connectivity index (χ2v) is 5.78. The Balaban J connectivity index is 2.09. The molecular formula is C18H20FNO2. The van der Waals surface area contributed by atoms with Gasteiger partial charge >= 0.3 is 0 Å². The molecule has 0 saturated heterocycles. The summed E-state index contributed by atoms with van der Waals surface area (Å²) in [4.78, 5) is 12.3. The summed E-state index contributed by atoms with van der Waals surface area (Å²) in [6, 6.07) is 11.3. The third kappa shape index (κ3) is 3.71.